The second kappa shape index (κ2) is 5.75. The Labute approximate surface area is 123 Å². The van der Waals surface area contributed by atoms with Gasteiger partial charge in [0.1, 0.15) is 12.0 Å². The minimum atomic E-state index is 0.656. The fraction of sp³-hybridized carbons (Fsp3) is 0.188. The summed E-state index contributed by atoms with van der Waals surface area (Å²) in [5, 5.41) is 5.36. The molecule has 5 nitrogen and oxygen atoms in total. The molecule has 0 bridgehead atoms. The molecule has 0 aliphatic heterocycles. The van der Waals surface area contributed by atoms with Gasteiger partial charge in [0.25, 0.3) is 0 Å². The Morgan fingerprint density at radius 1 is 1.19 bits per heavy atom. The van der Waals surface area contributed by atoms with Crippen molar-refractivity contribution in [3.05, 3.63) is 43.0 Å². The summed E-state index contributed by atoms with van der Waals surface area (Å²) in [4.78, 5) is 12.8. The van der Waals surface area contributed by atoms with Crippen molar-refractivity contribution < 1.29 is 4.74 Å². The number of pyridine rings is 1. The van der Waals surface area contributed by atoms with Crippen molar-refractivity contribution in [1.29, 1.82) is 0 Å². The number of nitrogens with one attached hydrogen (secondary N) is 1. The van der Waals surface area contributed by atoms with Crippen LogP contribution in [0.5, 0.6) is 5.75 Å². The molecule has 2 aromatic heterocycles. The number of methoxy groups -OCH3 is 1. The molecule has 2 heterocycles. The first-order valence-electron chi connectivity index (χ1n) is 6.81. The number of hydrogen-bond donors (Lipinski definition) is 1. The Balaban J connectivity index is 2.25. The van der Waals surface area contributed by atoms with E-state index in [0.717, 1.165) is 28.6 Å². The Morgan fingerprint density at radius 2 is 2.10 bits per heavy atom. The molecule has 0 unspecified atom stereocenters. The maximum absolute atomic E-state index is 5.53. The first kappa shape index (κ1) is 13.3. The van der Waals surface area contributed by atoms with Gasteiger partial charge in [0.15, 0.2) is 11.6 Å². The molecule has 0 radical (unpaired) electrons. The molecular weight excluding hydrogens is 264 g/mol. The molecule has 0 saturated carbocycles. The van der Waals surface area contributed by atoms with Gasteiger partial charge < -0.3 is 10.1 Å². The van der Waals surface area contributed by atoms with Crippen molar-refractivity contribution in [3.8, 4) is 17.0 Å². The lowest BCUT2D eigenvalue weighted by molar-refractivity contribution is 0.414. The number of hydrogen-bond acceptors (Lipinski definition) is 5. The van der Waals surface area contributed by atoms with Gasteiger partial charge in [0.2, 0.25) is 0 Å². The second-order valence-corrected chi connectivity index (χ2v) is 4.54. The van der Waals surface area contributed by atoms with Gasteiger partial charge >= 0.3 is 0 Å². The maximum atomic E-state index is 5.53. The number of nitrogens with zero attached hydrogens (tertiary/aromatic N) is 3. The molecular formula is C16H16N4O. The molecule has 0 aliphatic rings. The predicted octanol–water partition coefficient (Wildman–Crippen LogP) is 3.13. The Kier molecular flexibility index (Phi) is 3.64. The standard InChI is InChI=1S/C16H16N4O/c1-3-18-16-15(21-2)14(19-10-20-16)13-6-4-5-11-9-17-8-7-12(11)13/h4-10H,3H2,1-2H3,(H,18,19,20). The summed E-state index contributed by atoms with van der Waals surface area (Å²) in [5.41, 5.74) is 1.79. The van der Waals surface area contributed by atoms with E-state index in [1.54, 1.807) is 19.6 Å². The number of benzene rings is 1. The van der Waals surface area contributed by atoms with Gasteiger partial charge in [-0.3, -0.25) is 4.98 Å². The Hall–Kier alpha value is -2.69. The Bertz CT molecular complexity index is 768. The lowest BCUT2D eigenvalue weighted by Crippen LogP contribution is -2.04. The molecule has 0 amide bonds. The minimum Gasteiger partial charge on any atom is -0.491 e. The molecule has 106 valence electrons. The van der Waals surface area contributed by atoms with E-state index in [0.29, 0.717) is 11.6 Å². The highest BCUT2D eigenvalue weighted by molar-refractivity contribution is 5.97. The highest BCUT2D eigenvalue weighted by Crippen LogP contribution is 2.36. The number of anilines is 1. The number of rotatable bonds is 4. The monoisotopic (exact) mass is 280 g/mol. The molecule has 3 rings (SSSR count). The van der Waals surface area contributed by atoms with Crippen molar-refractivity contribution in [1.82, 2.24) is 15.0 Å². The summed E-state index contributed by atoms with van der Waals surface area (Å²) in [6, 6.07) is 8.04. The van der Waals surface area contributed by atoms with E-state index in [2.05, 4.69) is 20.3 Å². The largest absolute Gasteiger partial charge is 0.491 e. The lowest BCUT2D eigenvalue weighted by atomic mass is 10.0. The van der Waals surface area contributed by atoms with Gasteiger partial charge in [-0.05, 0) is 18.4 Å². The molecule has 0 atom stereocenters. The summed E-state index contributed by atoms with van der Waals surface area (Å²) in [6.07, 6.45) is 5.18. The van der Waals surface area contributed by atoms with Crippen LogP contribution in [-0.4, -0.2) is 28.6 Å². The first-order chi connectivity index (χ1) is 10.3. The van der Waals surface area contributed by atoms with Gasteiger partial charge in [-0.15, -0.1) is 0 Å². The maximum Gasteiger partial charge on any atom is 0.187 e. The quantitative estimate of drug-likeness (QED) is 0.795. The van der Waals surface area contributed by atoms with Crippen LogP contribution >= 0.6 is 0 Å². The topological polar surface area (TPSA) is 59.9 Å². The van der Waals surface area contributed by atoms with E-state index >= 15 is 0 Å². The minimum absolute atomic E-state index is 0.656. The van der Waals surface area contributed by atoms with Crippen molar-refractivity contribution in [2.45, 2.75) is 6.92 Å². The first-order valence-corrected chi connectivity index (χ1v) is 6.81. The van der Waals surface area contributed by atoms with Gasteiger partial charge in [-0.2, -0.15) is 0 Å². The van der Waals surface area contributed by atoms with Crippen LogP contribution in [0.3, 0.4) is 0 Å². The summed E-state index contributed by atoms with van der Waals surface area (Å²) in [6.45, 7) is 2.79. The van der Waals surface area contributed by atoms with E-state index in [4.69, 9.17) is 4.74 Å². The molecule has 0 fully saturated rings. The summed E-state index contributed by atoms with van der Waals surface area (Å²) in [7, 11) is 1.63. The van der Waals surface area contributed by atoms with E-state index in [-0.39, 0.29) is 0 Å². The molecule has 3 aromatic rings. The average molecular weight is 280 g/mol. The van der Waals surface area contributed by atoms with Crippen LogP contribution in [0.4, 0.5) is 5.82 Å². The SMILES string of the molecule is CCNc1ncnc(-c2cccc3cnccc23)c1OC. The highest BCUT2D eigenvalue weighted by Gasteiger charge is 2.15. The summed E-state index contributed by atoms with van der Waals surface area (Å²) >= 11 is 0. The van der Waals surface area contributed by atoms with E-state index < -0.39 is 0 Å². The van der Waals surface area contributed by atoms with Crippen molar-refractivity contribution in [3.63, 3.8) is 0 Å². The number of ether oxygens (including phenoxy) is 1. The van der Waals surface area contributed by atoms with Gasteiger partial charge in [0, 0.05) is 29.9 Å². The molecule has 1 aromatic carbocycles. The third-order valence-corrected chi connectivity index (χ3v) is 3.29. The van der Waals surface area contributed by atoms with E-state index in [1.807, 2.05) is 37.4 Å². The number of fused-ring (bicyclic) bond motifs is 1. The molecule has 0 spiro atoms. The van der Waals surface area contributed by atoms with Crippen LogP contribution in [0.2, 0.25) is 0 Å². The van der Waals surface area contributed by atoms with E-state index in [1.165, 1.54) is 0 Å². The third-order valence-electron chi connectivity index (χ3n) is 3.29. The normalized spacial score (nSPS) is 10.6. The van der Waals surface area contributed by atoms with Gasteiger partial charge in [-0.25, -0.2) is 9.97 Å². The van der Waals surface area contributed by atoms with Crippen LogP contribution in [0.15, 0.2) is 43.0 Å². The smallest absolute Gasteiger partial charge is 0.187 e. The zero-order chi connectivity index (χ0) is 14.7. The Morgan fingerprint density at radius 3 is 2.90 bits per heavy atom. The van der Waals surface area contributed by atoms with Gasteiger partial charge in [0.05, 0.1) is 7.11 Å². The zero-order valence-corrected chi connectivity index (χ0v) is 12.0. The molecule has 0 aliphatic carbocycles. The lowest BCUT2D eigenvalue weighted by Gasteiger charge is -2.13. The van der Waals surface area contributed by atoms with Crippen LogP contribution in [0.1, 0.15) is 6.92 Å². The van der Waals surface area contributed by atoms with Crippen LogP contribution in [0, 0.1) is 0 Å². The van der Waals surface area contributed by atoms with Crippen LogP contribution < -0.4 is 10.1 Å². The predicted molar refractivity (Wildman–Crippen MR) is 83.5 cm³/mol. The molecule has 21 heavy (non-hydrogen) atoms. The fourth-order valence-corrected chi connectivity index (χ4v) is 2.38. The summed E-state index contributed by atoms with van der Waals surface area (Å²) < 4.78 is 5.53. The van der Waals surface area contributed by atoms with E-state index in [9.17, 15) is 0 Å². The van der Waals surface area contributed by atoms with Crippen molar-refractivity contribution in [2.75, 3.05) is 19.0 Å². The van der Waals surface area contributed by atoms with Crippen molar-refractivity contribution >= 4 is 16.6 Å². The van der Waals surface area contributed by atoms with Gasteiger partial charge in [-0.1, -0.05) is 18.2 Å². The number of aromatic nitrogens is 3. The molecule has 0 saturated heterocycles. The summed E-state index contributed by atoms with van der Waals surface area (Å²) in [5.74, 6) is 1.36. The second-order valence-electron chi connectivity index (χ2n) is 4.54. The van der Waals surface area contributed by atoms with Crippen LogP contribution in [0.25, 0.3) is 22.0 Å². The molecule has 1 N–H and O–H groups in total. The zero-order valence-electron chi connectivity index (χ0n) is 12.0. The van der Waals surface area contributed by atoms with Crippen LogP contribution in [-0.2, 0) is 0 Å². The fourth-order valence-electron chi connectivity index (χ4n) is 2.38. The molecule has 5 heteroatoms. The average Bonchev–Trinajstić information content (AvgIpc) is 2.54. The highest BCUT2D eigenvalue weighted by atomic mass is 16.5. The third kappa shape index (κ3) is 2.38. The van der Waals surface area contributed by atoms with Crippen molar-refractivity contribution in [2.24, 2.45) is 0 Å².